The Kier molecular flexibility index (Phi) is 3.69. The summed E-state index contributed by atoms with van der Waals surface area (Å²) in [5, 5.41) is 17.9. The molecule has 106 valence electrons. The van der Waals surface area contributed by atoms with Crippen LogP contribution in [-0.2, 0) is 19.4 Å². The molecule has 0 bridgehead atoms. The van der Waals surface area contributed by atoms with E-state index in [1.807, 2.05) is 18.2 Å². The summed E-state index contributed by atoms with van der Waals surface area (Å²) in [6.45, 7) is 1.05. The first-order valence-electron chi connectivity index (χ1n) is 6.95. The topological polar surface area (TPSA) is 60.2 Å². The first-order valence-corrected chi connectivity index (χ1v) is 6.95. The highest BCUT2D eigenvalue weighted by molar-refractivity contribution is 5.30. The van der Waals surface area contributed by atoms with E-state index in [0.717, 1.165) is 48.8 Å². The summed E-state index contributed by atoms with van der Waals surface area (Å²) in [6.07, 6.45) is 2.63. The molecule has 1 aliphatic rings. The van der Waals surface area contributed by atoms with Gasteiger partial charge in [-0.2, -0.15) is 0 Å². The summed E-state index contributed by atoms with van der Waals surface area (Å²) >= 11 is 0. The molecule has 2 heterocycles. The molecule has 1 aromatic carbocycles. The van der Waals surface area contributed by atoms with Crippen LogP contribution in [0.3, 0.4) is 0 Å². The van der Waals surface area contributed by atoms with E-state index in [0.29, 0.717) is 5.92 Å². The number of rotatable bonds is 4. The molecule has 0 saturated carbocycles. The molecule has 5 heteroatoms. The SMILES string of the molecule is COc1cccc(Cc2nnc3n2CC(CO)CC3)c1. The van der Waals surface area contributed by atoms with Crippen LogP contribution in [0.2, 0.25) is 0 Å². The van der Waals surface area contributed by atoms with E-state index in [2.05, 4.69) is 20.8 Å². The minimum absolute atomic E-state index is 0.232. The minimum atomic E-state index is 0.232. The van der Waals surface area contributed by atoms with Crippen LogP contribution in [0.5, 0.6) is 5.75 Å². The first kappa shape index (κ1) is 13.1. The molecule has 5 nitrogen and oxygen atoms in total. The standard InChI is InChI=1S/C15H19N3O2/c1-20-13-4-2-3-11(7-13)8-15-17-16-14-6-5-12(10-19)9-18(14)15/h2-4,7,12,19H,5-6,8-10H2,1H3. The van der Waals surface area contributed by atoms with Gasteiger partial charge < -0.3 is 14.4 Å². The van der Waals surface area contributed by atoms with Crippen molar-refractivity contribution in [2.24, 2.45) is 5.92 Å². The van der Waals surface area contributed by atoms with Gasteiger partial charge in [0.15, 0.2) is 0 Å². The van der Waals surface area contributed by atoms with Crippen molar-refractivity contribution in [1.29, 1.82) is 0 Å². The molecule has 0 amide bonds. The number of nitrogens with zero attached hydrogens (tertiary/aromatic N) is 3. The molecule has 1 atom stereocenters. The number of aryl methyl sites for hydroxylation is 1. The van der Waals surface area contributed by atoms with Gasteiger partial charge in [-0.1, -0.05) is 12.1 Å². The molecule has 20 heavy (non-hydrogen) atoms. The Morgan fingerprint density at radius 3 is 3.10 bits per heavy atom. The maximum Gasteiger partial charge on any atom is 0.137 e. The van der Waals surface area contributed by atoms with Gasteiger partial charge in [0.05, 0.1) is 7.11 Å². The van der Waals surface area contributed by atoms with E-state index in [1.54, 1.807) is 7.11 Å². The maximum absolute atomic E-state index is 9.33. The van der Waals surface area contributed by atoms with Gasteiger partial charge in [0, 0.05) is 31.9 Å². The van der Waals surface area contributed by atoms with Gasteiger partial charge in [0.2, 0.25) is 0 Å². The lowest BCUT2D eigenvalue weighted by Crippen LogP contribution is -2.24. The Labute approximate surface area is 118 Å². The molecular weight excluding hydrogens is 254 g/mol. The Hall–Kier alpha value is -1.88. The zero-order valence-electron chi connectivity index (χ0n) is 11.6. The van der Waals surface area contributed by atoms with Gasteiger partial charge in [-0.05, 0) is 24.1 Å². The Balaban J connectivity index is 1.83. The molecule has 0 saturated heterocycles. The summed E-state index contributed by atoms with van der Waals surface area (Å²) in [5.41, 5.74) is 1.16. The van der Waals surface area contributed by atoms with Crippen molar-refractivity contribution in [3.8, 4) is 5.75 Å². The predicted molar refractivity (Wildman–Crippen MR) is 74.7 cm³/mol. The van der Waals surface area contributed by atoms with Gasteiger partial charge in [0.25, 0.3) is 0 Å². The zero-order chi connectivity index (χ0) is 13.9. The maximum atomic E-state index is 9.33. The number of benzene rings is 1. The lowest BCUT2D eigenvalue weighted by molar-refractivity contribution is 0.189. The van der Waals surface area contributed by atoms with Crippen molar-refractivity contribution < 1.29 is 9.84 Å². The Morgan fingerprint density at radius 2 is 2.30 bits per heavy atom. The van der Waals surface area contributed by atoms with Crippen LogP contribution in [-0.4, -0.2) is 33.6 Å². The highest BCUT2D eigenvalue weighted by Gasteiger charge is 2.22. The van der Waals surface area contributed by atoms with Gasteiger partial charge in [-0.15, -0.1) is 10.2 Å². The summed E-state index contributed by atoms with van der Waals surface area (Å²) in [6, 6.07) is 8.01. The number of fused-ring (bicyclic) bond motifs is 1. The van der Waals surface area contributed by atoms with Gasteiger partial charge >= 0.3 is 0 Å². The third-order valence-electron chi connectivity index (χ3n) is 3.88. The molecule has 0 fully saturated rings. The average Bonchev–Trinajstić information content (AvgIpc) is 2.89. The second-order valence-electron chi connectivity index (χ2n) is 5.26. The minimum Gasteiger partial charge on any atom is -0.497 e. The van der Waals surface area contributed by atoms with E-state index < -0.39 is 0 Å². The number of methoxy groups -OCH3 is 1. The fourth-order valence-electron chi connectivity index (χ4n) is 2.70. The smallest absolute Gasteiger partial charge is 0.137 e. The molecule has 1 aliphatic heterocycles. The lowest BCUT2D eigenvalue weighted by Gasteiger charge is -2.22. The second kappa shape index (κ2) is 5.63. The van der Waals surface area contributed by atoms with Crippen LogP contribution >= 0.6 is 0 Å². The largest absolute Gasteiger partial charge is 0.497 e. The van der Waals surface area contributed by atoms with Gasteiger partial charge in [0.1, 0.15) is 17.4 Å². The normalized spacial score (nSPS) is 17.8. The molecule has 0 aliphatic carbocycles. The number of hydrogen-bond donors (Lipinski definition) is 1. The molecule has 1 unspecified atom stereocenters. The number of ether oxygens (including phenoxy) is 1. The molecule has 1 N–H and O–H groups in total. The summed E-state index contributed by atoms with van der Waals surface area (Å²) in [7, 11) is 1.67. The average molecular weight is 273 g/mol. The molecular formula is C15H19N3O2. The Bertz CT molecular complexity index is 595. The van der Waals surface area contributed by atoms with E-state index in [-0.39, 0.29) is 6.61 Å². The first-order chi connectivity index (χ1) is 9.80. The van der Waals surface area contributed by atoms with Crippen LogP contribution in [0.1, 0.15) is 23.6 Å². The quantitative estimate of drug-likeness (QED) is 0.915. The molecule has 1 aromatic heterocycles. The van der Waals surface area contributed by atoms with Gasteiger partial charge in [-0.25, -0.2) is 0 Å². The van der Waals surface area contributed by atoms with E-state index in [4.69, 9.17) is 4.74 Å². The lowest BCUT2D eigenvalue weighted by atomic mass is 10.00. The van der Waals surface area contributed by atoms with Crippen LogP contribution in [0.15, 0.2) is 24.3 Å². The van der Waals surface area contributed by atoms with Crippen molar-refractivity contribution in [2.45, 2.75) is 25.8 Å². The van der Waals surface area contributed by atoms with Crippen molar-refractivity contribution in [3.63, 3.8) is 0 Å². The third kappa shape index (κ3) is 2.54. The number of aliphatic hydroxyl groups is 1. The Morgan fingerprint density at radius 1 is 1.40 bits per heavy atom. The van der Waals surface area contributed by atoms with Crippen molar-refractivity contribution in [2.75, 3.05) is 13.7 Å². The molecule has 3 rings (SSSR count). The van der Waals surface area contributed by atoms with E-state index >= 15 is 0 Å². The van der Waals surface area contributed by atoms with Crippen molar-refractivity contribution >= 4 is 0 Å². The second-order valence-corrected chi connectivity index (χ2v) is 5.26. The van der Waals surface area contributed by atoms with E-state index in [1.165, 1.54) is 0 Å². The van der Waals surface area contributed by atoms with Crippen LogP contribution in [0, 0.1) is 5.92 Å². The highest BCUT2D eigenvalue weighted by atomic mass is 16.5. The number of hydrogen-bond acceptors (Lipinski definition) is 4. The van der Waals surface area contributed by atoms with Crippen LogP contribution < -0.4 is 4.74 Å². The van der Waals surface area contributed by atoms with Gasteiger partial charge in [-0.3, -0.25) is 0 Å². The summed E-state index contributed by atoms with van der Waals surface area (Å²) in [4.78, 5) is 0. The zero-order valence-corrected chi connectivity index (χ0v) is 11.6. The monoisotopic (exact) mass is 273 g/mol. The van der Waals surface area contributed by atoms with Crippen LogP contribution in [0.4, 0.5) is 0 Å². The summed E-state index contributed by atoms with van der Waals surface area (Å²) in [5.74, 6) is 3.18. The fraction of sp³-hybridized carbons (Fsp3) is 0.467. The third-order valence-corrected chi connectivity index (χ3v) is 3.88. The molecule has 2 aromatic rings. The predicted octanol–water partition coefficient (Wildman–Crippen LogP) is 1.43. The van der Waals surface area contributed by atoms with Crippen molar-refractivity contribution in [3.05, 3.63) is 41.5 Å². The van der Waals surface area contributed by atoms with E-state index in [9.17, 15) is 5.11 Å². The van der Waals surface area contributed by atoms with Crippen LogP contribution in [0.25, 0.3) is 0 Å². The van der Waals surface area contributed by atoms with Crippen molar-refractivity contribution in [1.82, 2.24) is 14.8 Å². The molecule has 0 radical (unpaired) electrons. The fourth-order valence-corrected chi connectivity index (χ4v) is 2.70. The molecule has 0 spiro atoms. The summed E-state index contributed by atoms with van der Waals surface area (Å²) < 4.78 is 7.40. The number of aliphatic hydroxyl groups excluding tert-OH is 1. The highest BCUT2D eigenvalue weighted by Crippen LogP contribution is 2.22. The number of aromatic nitrogens is 3.